The standard InChI is InChI=1S/C20H28N2O/c1-15-13-17(8-10-21-15)20(5,6)9-12-23-18-14-16(7-11-22-18)19(2,3)4/h7-8,10-11,13-14H,9,12H2,1-6H3. The number of hydrogen-bond acceptors (Lipinski definition) is 3. The SMILES string of the molecule is Cc1cc(C(C)(C)CCOc2cc(C(C)(C)C)ccn2)ccn1. The summed E-state index contributed by atoms with van der Waals surface area (Å²) in [5, 5.41) is 0. The Kier molecular flexibility index (Phi) is 5.08. The summed E-state index contributed by atoms with van der Waals surface area (Å²) >= 11 is 0. The van der Waals surface area contributed by atoms with Gasteiger partial charge in [0.15, 0.2) is 0 Å². The second-order valence-electron chi connectivity index (χ2n) is 7.80. The minimum atomic E-state index is 0.0509. The lowest BCUT2D eigenvalue weighted by Crippen LogP contribution is -2.21. The Hall–Kier alpha value is -1.90. The van der Waals surface area contributed by atoms with Gasteiger partial charge in [0, 0.05) is 24.2 Å². The Bertz CT molecular complexity index is 657. The van der Waals surface area contributed by atoms with Gasteiger partial charge in [0.05, 0.1) is 6.61 Å². The van der Waals surface area contributed by atoms with Crippen molar-refractivity contribution in [2.45, 2.75) is 58.8 Å². The number of pyridine rings is 2. The van der Waals surface area contributed by atoms with Crippen molar-refractivity contribution in [1.29, 1.82) is 0 Å². The van der Waals surface area contributed by atoms with Gasteiger partial charge >= 0.3 is 0 Å². The van der Waals surface area contributed by atoms with Crippen molar-refractivity contribution in [3.05, 3.63) is 53.5 Å². The lowest BCUT2D eigenvalue weighted by atomic mass is 9.82. The third-order valence-corrected chi connectivity index (χ3v) is 4.26. The molecule has 124 valence electrons. The number of hydrogen-bond donors (Lipinski definition) is 0. The monoisotopic (exact) mass is 312 g/mol. The molecule has 0 saturated heterocycles. The second kappa shape index (κ2) is 6.69. The molecule has 2 heterocycles. The molecule has 0 fully saturated rings. The molecule has 0 bridgehead atoms. The Morgan fingerprint density at radius 3 is 2.22 bits per heavy atom. The van der Waals surface area contributed by atoms with Crippen LogP contribution in [0.5, 0.6) is 5.88 Å². The van der Waals surface area contributed by atoms with Gasteiger partial charge in [-0.05, 0) is 53.5 Å². The number of nitrogens with zero attached hydrogens (tertiary/aromatic N) is 2. The van der Waals surface area contributed by atoms with Gasteiger partial charge in [0.25, 0.3) is 0 Å². The lowest BCUT2D eigenvalue weighted by Gasteiger charge is -2.25. The van der Waals surface area contributed by atoms with E-state index in [2.05, 4.69) is 62.8 Å². The summed E-state index contributed by atoms with van der Waals surface area (Å²) in [5.41, 5.74) is 3.75. The minimum absolute atomic E-state index is 0.0509. The molecule has 0 aliphatic heterocycles. The van der Waals surface area contributed by atoms with E-state index in [-0.39, 0.29) is 10.8 Å². The Morgan fingerprint density at radius 2 is 1.57 bits per heavy atom. The van der Waals surface area contributed by atoms with Crippen molar-refractivity contribution in [2.75, 3.05) is 6.61 Å². The quantitative estimate of drug-likeness (QED) is 0.793. The normalized spacial score (nSPS) is 12.3. The fourth-order valence-electron chi connectivity index (χ4n) is 2.48. The van der Waals surface area contributed by atoms with E-state index < -0.39 is 0 Å². The second-order valence-corrected chi connectivity index (χ2v) is 7.80. The molecule has 0 atom stereocenters. The van der Waals surface area contributed by atoms with E-state index in [0.717, 1.165) is 12.1 Å². The Morgan fingerprint density at radius 1 is 0.913 bits per heavy atom. The van der Waals surface area contributed by atoms with Crippen LogP contribution in [-0.2, 0) is 10.8 Å². The zero-order valence-electron chi connectivity index (χ0n) is 15.2. The van der Waals surface area contributed by atoms with Crippen LogP contribution in [0.3, 0.4) is 0 Å². The minimum Gasteiger partial charge on any atom is -0.478 e. The van der Waals surface area contributed by atoms with E-state index in [4.69, 9.17) is 4.74 Å². The Balaban J connectivity index is 1.99. The van der Waals surface area contributed by atoms with E-state index in [1.807, 2.05) is 25.4 Å². The van der Waals surface area contributed by atoms with Crippen LogP contribution < -0.4 is 4.74 Å². The van der Waals surface area contributed by atoms with Gasteiger partial charge in [-0.15, -0.1) is 0 Å². The van der Waals surface area contributed by atoms with E-state index in [1.165, 1.54) is 11.1 Å². The number of aromatic nitrogens is 2. The fourth-order valence-corrected chi connectivity index (χ4v) is 2.48. The summed E-state index contributed by atoms with van der Waals surface area (Å²) < 4.78 is 5.90. The molecule has 0 N–H and O–H groups in total. The summed E-state index contributed by atoms with van der Waals surface area (Å²) in [6.07, 6.45) is 4.63. The third kappa shape index (κ3) is 4.78. The molecule has 0 unspecified atom stereocenters. The average Bonchev–Trinajstić information content (AvgIpc) is 2.46. The zero-order chi connectivity index (χ0) is 17.1. The van der Waals surface area contributed by atoms with E-state index >= 15 is 0 Å². The van der Waals surface area contributed by atoms with Gasteiger partial charge in [-0.2, -0.15) is 0 Å². The predicted octanol–water partition coefficient (Wildman–Crippen LogP) is 4.83. The Labute approximate surface area is 140 Å². The molecule has 0 aromatic carbocycles. The first-order valence-corrected chi connectivity index (χ1v) is 8.21. The van der Waals surface area contributed by atoms with Crippen LogP contribution in [0.2, 0.25) is 0 Å². The van der Waals surface area contributed by atoms with Crippen molar-refractivity contribution in [3.8, 4) is 5.88 Å². The molecular formula is C20H28N2O. The fraction of sp³-hybridized carbons (Fsp3) is 0.500. The van der Waals surface area contributed by atoms with Gasteiger partial charge in [-0.25, -0.2) is 4.98 Å². The number of aryl methyl sites for hydroxylation is 1. The molecule has 2 aromatic rings. The van der Waals surface area contributed by atoms with Crippen LogP contribution in [0, 0.1) is 6.92 Å². The van der Waals surface area contributed by atoms with Gasteiger partial charge in [0.2, 0.25) is 5.88 Å². The molecule has 0 aliphatic carbocycles. The zero-order valence-corrected chi connectivity index (χ0v) is 15.2. The summed E-state index contributed by atoms with van der Waals surface area (Å²) in [6.45, 7) is 13.7. The van der Waals surface area contributed by atoms with Gasteiger partial charge in [-0.1, -0.05) is 34.6 Å². The molecule has 2 aromatic heterocycles. The van der Waals surface area contributed by atoms with Gasteiger partial charge < -0.3 is 4.74 Å². The van der Waals surface area contributed by atoms with Gasteiger partial charge in [0.1, 0.15) is 0 Å². The molecule has 0 spiro atoms. The molecule has 0 saturated carbocycles. The maximum atomic E-state index is 5.90. The molecule has 0 aliphatic rings. The molecular weight excluding hydrogens is 284 g/mol. The highest BCUT2D eigenvalue weighted by Crippen LogP contribution is 2.28. The molecule has 0 amide bonds. The average molecular weight is 312 g/mol. The summed E-state index contributed by atoms with van der Waals surface area (Å²) in [4.78, 5) is 8.60. The largest absolute Gasteiger partial charge is 0.478 e. The topological polar surface area (TPSA) is 35.0 Å². The first kappa shape index (κ1) is 17.5. The van der Waals surface area contributed by atoms with Crippen LogP contribution in [0.15, 0.2) is 36.7 Å². The lowest BCUT2D eigenvalue weighted by molar-refractivity contribution is 0.263. The highest BCUT2D eigenvalue weighted by molar-refractivity contribution is 5.27. The molecule has 3 heteroatoms. The predicted molar refractivity (Wildman–Crippen MR) is 95.0 cm³/mol. The smallest absolute Gasteiger partial charge is 0.213 e. The van der Waals surface area contributed by atoms with E-state index in [0.29, 0.717) is 12.5 Å². The van der Waals surface area contributed by atoms with E-state index in [1.54, 1.807) is 0 Å². The number of rotatable bonds is 5. The highest BCUT2D eigenvalue weighted by Gasteiger charge is 2.21. The van der Waals surface area contributed by atoms with Crippen LogP contribution in [0.1, 0.15) is 57.9 Å². The molecule has 3 nitrogen and oxygen atoms in total. The third-order valence-electron chi connectivity index (χ3n) is 4.26. The highest BCUT2D eigenvalue weighted by atomic mass is 16.5. The van der Waals surface area contributed by atoms with Gasteiger partial charge in [-0.3, -0.25) is 4.98 Å². The van der Waals surface area contributed by atoms with Crippen LogP contribution in [0.25, 0.3) is 0 Å². The van der Waals surface area contributed by atoms with Crippen molar-refractivity contribution in [3.63, 3.8) is 0 Å². The van der Waals surface area contributed by atoms with Crippen LogP contribution in [-0.4, -0.2) is 16.6 Å². The summed E-state index contributed by atoms with van der Waals surface area (Å²) in [6, 6.07) is 8.34. The molecule has 0 radical (unpaired) electrons. The van der Waals surface area contributed by atoms with Crippen molar-refractivity contribution in [1.82, 2.24) is 9.97 Å². The van der Waals surface area contributed by atoms with E-state index in [9.17, 15) is 0 Å². The summed E-state index contributed by atoms with van der Waals surface area (Å²) in [7, 11) is 0. The van der Waals surface area contributed by atoms with Crippen molar-refractivity contribution in [2.24, 2.45) is 0 Å². The van der Waals surface area contributed by atoms with Crippen molar-refractivity contribution >= 4 is 0 Å². The van der Waals surface area contributed by atoms with Crippen LogP contribution in [0.4, 0.5) is 0 Å². The van der Waals surface area contributed by atoms with Crippen molar-refractivity contribution < 1.29 is 4.74 Å². The number of ether oxygens (including phenoxy) is 1. The first-order valence-electron chi connectivity index (χ1n) is 8.21. The maximum absolute atomic E-state index is 5.90. The summed E-state index contributed by atoms with van der Waals surface area (Å²) in [5.74, 6) is 0.708. The van der Waals surface area contributed by atoms with Crippen LogP contribution >= 0.6 is 0 Å². The first-order chi connectivity index (χ1) is 10.7. The molecule has 2 rings (SSSR count). The maximum Gasteiger partial charge on any atom is 0.213 e. The molecule has 23 heavy (non-hydrogen) atoms.